The van der Waals surface area contributed by atoms with E-state index in [1.54, 1.807) is 30.6 Å². The molecule has 0 spiro atoms. The van der Waals surface area contributed by atoms with Crippen LogP contribution < -0.4 is 10.4 Å². The summed E-state index contributed by atoms with van der Waals surface area (Å²) in [4.78, 5) is 38.7. The van der Waals surface area contributed by atoms with E-state index in [0.29, 0.717) is 47.5 Å². The Labute approximate surface area is 230 Å². The van der Waals surface area contributed by atoms with Gasteiger partial charge in [0.25, 0.3) is 5.91 Å². The zero-order chi connectivity index (χ0) is 27.5. The highest BCUT2D eigenvalue weighted by molar-refractivity contribution is 6.10. The largest absolute Gasteiger partial charge is 0.451 e. The lowest BCUT2D eigenvalue weighted by Gasteiger charge is -2.29. The Morgan fingerprint density at radius 2 is 1.68 bits per heavy atom. The van der Waals surface area contributed by atoms with E-state index in [1.807, 2.05) is 65.3 Å². The second-order valence-electron chi connectivity index (χ2n) is 9.39. The van der Waals surface area contributed by atoms with Crippen molar-refractivity contribution in [3.8, 4) is 11.3 Å². The minimum absolute atomic E-state index is 0.444. The monoisotopic (exact) mass is 533 g/mol. The predicted molar refractivity (Wildman–Crippen MR) is 150 cm³/mol. The van der Waals surface area contributed by atoms with E-state index < -0.39 is 12.0 Å². The molecule has 1 aliphatic heterocycles. The standard InChI is InChI=1S/C30H27N7O3/c1-40-30(39)37(22-12-6-3-7-13-22)34-29(38)27-23-14-8-9-15-25(23)33-28(21-10-4-2-5-11-21)24(27)18-35-16-17-36-26(19-35)31-20-32-36/h2-15,20H,16-19H2,1H3,(H,34,38). The molecule has 0 saturated heterocycles. The fourth-order valence-corrected chi connectivity index (χ4v) is 5.01. The van der Waals surface area contributed by atoms with Crippen LogP contribution in [0.2, 0.25) is 0 Å². The summed E-state index contributed by atoms with van der Waals surface area (Å²) in [5.74, 6) is 0.424. The Morgan fingerprint density at radius 3 is 2.45 bits per heavy atom. The number of carbonyl (C=O) groups excluding carboxylic acids is 2. The first-order chi connectivity index (χ1) is 19.6. The minimum Gasteiger partial charge on any atom is -0.451 e. The SMILES string of the molecule is COC(=O)N(NC(=O)c1c(CN2CCn3ncnc3C2)c(-c2ccccc2)nc2ccccc12)c1ccccc1. The summed E-state index contributed by atoms with van der Waals surface area (Å²) >= 11 is 0. The third-order valence-corrected chi connectivity index (χ3v) is 6.92. The van der Waals surface area contributed by atoms with Gasteiger partial charge in [-0.05, 0) is 18.2 Å². The number of nitrogens with one attached hydrogen (secondary N) is 1. The number of aromatic nitrogens is 4. The molecule has 1 N–H and O–H groups in total. The first kappa shape index (κ1) is 25.2. The van der Waals surface area contributed by atoms with Crippen molar-refractivity contribution in [2.75, 3.05) is 18.7 Å². The normalized spacial score (nSPS) is 13.0. The molecule has 200 valence electrons. The van der Waals surface area contributed by atoms with E-state index in [1.165, 1.54) is 7.11 Å². The number of rotatable bonds is 5. The van der Waals surface area contributed by atoms with Crippen molar-refractivity contribution in [3.05, 3.63) is 108 Å². The van der Waals surface area contributed by atoms with Crippen LogP contribution in [-0.2, 0) is 24.4 Å². The number of amides is 2. The summed E-state index contributed by atoms with van der Waals surface area (Å²) in [6.07, 6.45) is 0.855. The first-order valence-electron chi connectivity index (χ1n) is 12.9. The van der Waals surface area contributed by atoms with Crippen LogP contribution >= 0.6 is 0 Å². The number of hydrogen-bond acceptors (Lipinski definition) is 7. The molecule has 3 aromatic carbocycles. The quantitative estimate of drug-likeness (QED) is 0.333. The summed E-state index contributed by atoms with van der Waals surface area (Å²) in [5, 5.41) is 6.09. The molecule has 1 aliphatic rings. The molecule has 0 unspecified atom stereocenters. The minimum atomic E-state index is -0.710. The fourth-order valence-electron chi connectivity index (χ4n) is 5.01. The molecule has 0 bridgehead atoms. The summed E-state index contributed by atoms with van der Waals surface area (Å²) in [5.41, 5.74) is 6.77. The van der Waals surface area contributed by atoms with Crippen LogP contribution in [0.25, 0.3) is 22.2 Å². The molecule has 2 aromatic heterocycles. The molecule has 0 fully saturated rings. The number of hydrogen-bond donors (Lipinski definition) is 1. The van der Waals surface area contributed by atoms with Gasteiger partial charge in [-0.1, -0.05) is 66.7 Å². The molecule has 10 heteroatoms. The molecule has 3 heterocycles. The van der Waals surface area contributed by atoms with Gasteiger partial charge in [0.2, 0.25) is 0 Å². The van der Waals surface area contributed by atoms with Gasteiger partial charge in [0, 0.05) is 29.6 Å². The van der Waals surface area contributed by atoms with Gasteiger partial charge in [-0.3, -0.25) is 15.1 Å². The maximum Gasteiger partial charge on any atom is 0.433 e. The van der Waals surface area contributed by atoms with Crippen LogP contribution in [0.1, 0.15) is 21.7 Å². The van der Waals surface area contributed by atoms with E-state index in [4.69, 9.17) is 9.72 Å². The van der Waals surface area contributed by atoms with Gasteiger partial charge in [0.05, 0.1) is 42.7 Å². The number of carbonyl (C=O) groups is 2. The summed E-state index contributed by atoms with van der Waals surface area (Å²) in [7, 11) is 1.28. The Kier molecular flexibility index (Phi) is 6.90. The predicted octanol–water partition coefficient (Wildman–Crippen LogP) is 4.43. The van der Waals surface area contributed by atoms with Crippen molar-refractivity contribution < 1.29 is 14.3 Å². The van der Waals surface area contributed by atoms with Crippen molar-refractivity contribution in [1.82, 2.24) is 30.1 Å². The van der Waals surface area contributed by atoms with Gasteiger partial charge in [-0.25, -0.2) is 19.4 Å². The van der Waals surface area contributed by atoms with Gasteiger partial charge in [0.1, 0.15) is 12.2 Å². The Bertz CT molecular complexity index is 1670. The highest BCUT2D eigenvalue weighted by Gasteiger charge is 2.28. The zero-order valence-electron chi connectivity index (χ0n) is 21.9. The van der Waals surface area contributed by atoms with Crippen LogP contribution in [0.5, 0.6) is 0 Å². The summed E-state index contributed by atoms with van der Waals surface area (Å²) < 4.78 is 6.90. The van der Waals surface area contributed by atoms with Crippen molar-refractivity contribution in [2.24, 2.45) is 0 Å². The molecular formula is C30H27N7O3. The topological polar surface area (TPSA) is 105 Å². The Balaban J connectivity index is 1.49. The van der Waals surface area contributed by atoms with Crippen molar-refractivity contribution >= 4 is 28.6 Å². The zero-order valence-corrected chi connectivity index (χ0v) is 21.9. The number of nitrogens with zero attached hydrogens (tertiary/aromatic N) is 6. The van der Waals surface area contributed by atoms with E-state index in [0.717, 1.165) is 28.5 Å². The van der Waals surface area contributed by atoms with Gasteiger partial charge in [-0.15, -0.1) is 0 Å². The maximum atomic E-state index is 14.2. The second-order valence-corrected chi connectivity index (χ2v) is 9.39. The Hall–Kier alpha value is -5.09. The molecular weight excluding hydrogens is 506 g/mol. The lowest BCUT2D eigenvalue weighted by Crippen LogP contribution is -2.47. The highest BCUT2D eigenvalue weighted by atomic mass is 16.5. The summed E-state index contributed by atoms with van der Waals surface area (Å²) in [6, 6.07) is 26.2. The number of hydrazine groups is 1. The number of methoxy groups -OCH3 is 1. The smallest absolute Gasteiger partial charge is 0.433 e. The molecule has 0 atom stereocenters. The van der Waals surface area contributed by atoms with Crippen molar-refractivity contribution in [2.45, 2.75) is 19.6 Å². The number of anilines is 1. The average Bonchev–Trinajstić information content (AvgIpc) is 3.48. The van der Waals surface area contributed by atoms with Gasteiger partial charge < -0.3 is 4.74 Å². The molecule has 2 amide bonds. The highest BCUT2D eigenvalue weighted by Crippen LogP contribution is 2.32. The number of benzene rings is 3. The third-order valence-electron chi connectivity index (χ3n) is 6.92. The van der Waals surface area contributed by atoms with E-state index in [-0.39, 0.29) is 0 Å². The molecule has 10 nitrogen and oxygen atoms in total. The second kappa shape index (κ2) is 11.0. The maximum absolute atomic E-state index is 14.2. The number of pyridine rings is 1. The van der Waals surface area contributed by atoms with Crippen LogP contribution in [0.3, 0.4) is 0 Å². The Morgan fingerprint density at radius 1 is 0.950 bits per heavy atom. The van der Waals surface area contributed by atoms with Crippen molar-refractivity contribution in [1.29, 1.82) is 0 Å². The molecule has 0 saturated carbocycles. The van der Waals surface area contributed by atoms with Gasteiger partial charge >= 0.3 is 6.09 Å². The average molecular weight is 534 g/mol. The molecule has 0 aliphatic carbocycles. The van der Waals surface area contributed by atoms with E-state index in [9.17, 15) is 9.59 Å². The van der Waals surface area contributed by atoms with Crippen molar-refractivity contribution in [3.63, 3.8) is 0 Å². The molecule has 0 radical (unpaired) electrons. The lowest BCUT2D eigenvalue weighted by molar-refractivity contribution is 0.0940. The van der Waals surface area contributed by atoms with Gasteiger partial charge in [0.15, 0.2) is 0 Å². The third kappa shape index (κ3) is 4.87. The first-order valence-corrected chi connectivity index (χ1v) is 12.9. The lowest BCUT2D eigenvalue weighted by atomic mass is 9.95. The van der Waals surface area contributed by atoms with Crippen LogP contribution in [0.15, 0.2) is 91.3 Å². The molecule has 40 heavy (non-hydrogen) atoms. The fraction of sp³-hybridized carbons (Fsp3) is 0.167. The van der Waals surface area contributed by atoms with Crippen LogP contribution in [0.4, 0.5) is 10.5 Å². The number of para-hydroxylation sites is 2. The molecule has 5 aromatic rings. The summed E-state index contributed by atoms with van der Waals surface area (Å²) in [6.45, 7) is 2.46. The molecule has 6 rings (SSSR count). The van der Waals surface area contributed by atoms with Gasteiger partial charge in [-0.2, -0.15) is 10.1 Å². The van der Waals surface area contributed by atoms with E-state index >= 15 is 0 Å². The van der Waals surface area contributed by atoms with Crippen LogP contribution in [0, 0.1) is 0 Å². The van der Waals surface area contributed by atoms with Crippen LogP contribution in [-0.4, -0.2) is 50.3 Å². The number of fused-ring (bicyclic) bond motifs is 2. The van der Waals surface area contributed by atoms with E-state index in [2.05, 4.69) is 20.4 Å². The number of ether oxygens (including phenoxy) is 1.